The molecule has 0 aliphatic carbocycles. The highest BCUT2D eigenvalue weighted by Gasteiger charge is 2.13. The van der Waals surface area contributed by atoms with Gasteiger partial charge in [0.15, 0.2) is 0 Å². The van der Waals surface area contributed by atoms with Crippen LogP contribution >= 0.6 is 0 Å². The topological polar surface area (TPSA) is 32.3 Å². The van der Waals surface area contributed by atoms with E-state index >= 15 is 0 Å². The van der Waals surface area contributed by atoms with Crippen LogP contribution in [0.2, 0.25) is 0 Å². The van der Waals surface area contributed by atoms with Crippen molar-refractivity contribution in [3.05, 3.63) is 48.2 Å². The van der Waals surface area contributed by atoms with Crippen LogP contribution in [-0.2, 0) is 6.54 Å². The molecule has 2 aromatic rings. The minimum absolute atomic E-state index is 0.797. The molecule has 1 aliphatic rings. The number of aromatic nitrogens is 2. The molecule has 0 atom stereocenters. The largest absolute Gasteiger partial charge is 0.356 e. The third kappa shape index (κ3) is 3.75. The van der Waals surface area contributed by atoms with E-state index in [0.717, 1.165) is 31.4 Å². The van der Waals surface area contributed by atoms with Crippen molar-refractivity contribution >= 4 is 11.8 Å². The normalized spacial score (nSPS) is 15.4. The third-order valence-corrected chi connectivity index (χ3v) is 4.16. The van der Waals surface area contributed by atoms with Gasteiger partial charge in [-0.05, 0) is 24.5 Å². The number of benzene rings is 1. The molecule has 1 aromatic carbocycles. The van der Waals surface area contributed by atoms with Crippen LogP contribution in [0, 0.1) is 0 Å². The molecule has 0 unspecified atom stereocenters. The van der Waals surface area contributed by atoms with Crippen molar-refractivity contribution in [3.63, 3.8) is 0 Å². The summed E-state index contributed by atoms with van der Waals surface area (Å²) in [5.74, 6) is 1.86. The van der Waals surface area contributed by atoms with Crippen molar-refractivity contribution in [2.45, 2.75) is 32.2 Å². The summed E-state index contributed by atoms with van der Waals surface area (Å²) in [7, 11) is 2.05. The van der Waals surface area contributed by atoms with Crippen LogP contribution in [0.1, 0.15) is 31.2 Å². The van der Waals surface area contributed by atoms with Crippen LogP contribution in [-0.4, -0.2) is 30.1 Å². The summed E-state index contributed by atoms with van der Waals surface area (Å²) in [4.78, 5) is 13.7. The predicted octanol–water partition coefficient (Wildman–Crippen LogP) is 3.49. The van der Waals surface area contributed by atoms with Crippen molar-refractivity contribution in [2.75, 3.05) is 29.9 Å². The lowest BCUT2D eigenvalue weighted by molar-refractivity contribution is 0.726. The van der Waals surface area contributed by atoms with Gasteiger partial charge >= 0.3 is 0 Å². The average molecular weight is 296 g/mol. The Labute approximate surface area is 132 Å². The molecule has 0 amide bonds. The van der Waals surface area contributed by atoms with Crippen molar-refractivity contribution in [3.8, 4) is 0 Å². The molecule has 1 fully saturated rings. The molecule has 22 heavy (non-hydrogen) atoms. The molecule has 1 saturated heterocycles. The maximum atomic E-state index is 4.77. The van der Waals surface area contributed by atoms with Gasteiger partial charge < -0.3 is 9.80 Å². The van der Waals surface area contributed by atoms with E-state index in [1.54, 1.807) is 0 Å². The molecule has 0 bridgehead atoms. The average Bonchev–Trinajstić information content (AvgIpc) is 2.85. The molecule has 4 heteroatoms. The predicted molar refractivity (Wildman–Crippen MR) is 91.3 cm³/mol. The van der Waals surface area contributed by atoms with E-state index in [-0.39, 0.29) is 0 Å². The van der Waals surface area contributed by atoms with E-state index in [4.69, 9.17) is 4.98 Å². The summed E-state index contributed by atoms with van der Waals surface area (Å²) >= 11 is 0. The zero-order chi connectivity index (χ0) is 15.2. The highest BCUT2D eigenvalue weighted by molar-refractivity contribution is 5.43. The highest BCUT2D eigenvalue weighted by Crippen LogP contribution is 2.19. The Hall–Kier alpha value is -2.10. The molecule has 2 heterocycles. The van der Waals surface area contributed by atoms with Gasteiger partial charge in [0.1, 0.15) is 5.82 Å². The van der Waals surface area contributed by atoms with E-state index in [2.05, 4.69) is 46.1 Å². The molecule has 1 aromatic heterocycles. The number of hydrogen-bond acceptors (Lipinski definition) is 4. The first kappa shape index (κ1) is 14.8. The van der Waals surface area contributed by atoms with Crippen molar-refractivity contribution in [2.24, 2.45) is 0 Å². The van der Waals surface area contributed by atoms with Gasteiger partial charge in [0.2, 0.25) is 5.95 Å². The molecule has 0 N–H and O–H groups in total. The molecule has 116 valence electrons. The lowest BCUT2D eigenvalue weighted by atomic mass is 10.2. The van der Waals surface area contributed by atoms with Gasteiger partial charge in [0, 0.05) is 32.9 Å². The summed E-state index contributed by atoms with van der Waals surface area (Å²) in [6.07, 6.45) is 7.08. The molecule has 3 rings (SSSR count). The lowest BCUT2D eigenvalue weighted by Crippen LogP contribution is -2.26. The fraction of sp³-hybridized carbons (Fsp3) is 0.444. The zero-order valence-electron chi connectivity index (χ0n) is 13.3. The summed E-state index contributed by atoms with van der Waals surface area (Å²) in [5, 5.41) is 0. The van der Waals surface area contributed by atoms with Gasteiger partial charge in [0.05, 0.1) is 0 Å². The Morgan fingerprint density at radius 1 is 1.00 bits per heavy atom. The summed E-state index contributed by atoms with van der Waals surface area (Å²) < 4.78 is 0. The van der Waals surface area contributed by atoms with E-state index in [1.165, 1.54) is 31.2 Å². The molecule has 0 saturated carbocycles. The smallest absolute Gasteiger partial charge is 0.227 e. The SMILES string of the molecule is CN(Cc1ccccc1)c1nccc(N2CCCCCC2)n1. The van der Waals surface area contributed by atoms with Gasteiger partial charge in [-0.1, -0.05) is 43.2 Å². The maximum Gasteiger partial charge on any atom is 0.227 e. The van der Waals surface area contributed by atoms with Gasteiger partial charge in [-0.25, -0.2) is 4.98 Å². The molecular formula is C18H24N4. The van der Waals surface area contributed by atoms with Gasteiger partial charge in [-0.3, -0.25) is 0 Å². The Bertz CT molecular complexity index is 577. The van der Waals surface area contributed by atoms with Crippen LogP contribution in [0.3, 0.4) is 0 Å². The molecule has 4 nitrogen and oxygen atoms in total. The van der Waals surface area contributed by atoms with Crippen LogP contribution < -0.4 is 9.80 Å². The van der Waals surface area contributed by atoms with E-state index < -0.39 is 0 Å². The van der Waals surface area contributed by atoms with Crippen LogP contribution in [0.4, 0.5) is 11.8 Å². The van der Waals surface area contributed by atoms with Gasteiger partial charge in [-0.15, -0.1) is 0 Å². The van der Waals surface area contributed by atoms with Crippen LogP contribution in [0.15, 0.2) is 42.6 Å². The minimum atomic E-state index is 0.797. The van der Waals surface area contributed by atoms with Gasteiger partial charge in [0.25, 0.3) is 0 Å². The Kier molecular flexibility index (Phi) is 4.88. The van der Waals surface area contributed by atoms with Gasteiger partial charge in [-0.2, -0.15) is 4.98 Å². The quantitative estimate of drug-likeness (QED) is 0.864. The second-order valence-corrected chi connectivity index (χ2v) is 5.96. The Balaban J connectivity index is 1.72. The second-order valence-electron chi connectivity index (χ2n) is 5.96. The standard InChI is InChI=1S/C18H24N4/c1-21(15-16-9-5-4-6-10-16)18-19-12-11-17(20-18)22-13-7-2-3-8-14-22/h4-6,9-12H,2-3,7-8,13-15H2,1H3. The molecule has 1 aliphatic heterocycles. The Morgan fingerprint density at radius 3 is 2.45 bits per heavy atom. The summed E-state index contributed by atoms with van der Waals surface area (Å²) in [6.45, 7) is 3.04. The maximum absolute atomic E-state index is 4.77. The van der Waals surface area contributed by atoms with Crippen molar-refractivity contribution < 1.29 is 0 Å². The van der Waals surface area contributed by atoms with Crippen molar-refractivity contribution in [1.29, 1.82) is 0 Å². The number of anilines is 2. The van der Waals surface area contributed by atoms with E-state index in [1.807, 2.05) is 18.3 Å². The van der Waals surface area contributed by atoms with Crippen molar-refractivity contribution in [1.82, 2.24) is 9.97 Å². The monoisotopic (exact) mass is 296 g/mol. The number of hydrogen-bond donors (Lipinski definition) is 0. The van der Waals surface area contributed by atoms with Crippen LogP contribution in [0.25, 0.3) is 0 Å². The van der Waals surface area contributed by atoms with Crippen LogP contribution in [0.5, 0.6) is 0 Å². The first-order chi connectivity index (χ1) is 10.8. The molecular weight excluding hydrogens is 272 g/mol. The van der Waals surface area contributed by atoms with E-state index in [0.29, 0.717) is 0 Å². The highest BCUT2D eigenvalue weighted by atomic mass is 15.3. The number of nitrogens with zero attached hydrogens (tertiary/aromatic N) is 4. The minimum Gasteiger partial charge on any atom is -0.356 e. The lowest BCUT2D eigenvalue weighted by Gasteiger charge is -2.23. The first-order valence-electron chi connectivity index (χ1n) is 8.16. The first-order valence-corrected chi connectivity index (χ1v) is 8.16. The Morgan fingerprint density at radius 2 is 1.73 bits per heavy atom. The molecule has 0 spiro atoms. The summed E-state index contributed by atoms with van der Waals surface area (Å²) in [5.41, 5.74) is 1.27. The zero-order valence-corrected chi connectivity index (χ0v) is 13.3. The third-order valence-electron chi connectivity index (χ3n) is 4.16. The fourth-order valence-electron chi connectivity index (χ4n) is 2.93. The summed E-state index contributed by atoms with van der Waals surface area (Å²) in [6, 6.07) is 12.5. The number of rotatable bonds is 4. The molecule has 0 radical (unpaired) electrons. The fourth-order valence-corrected chi connectivity index (χ4v) is 2.93. The van der Waals surface area contributed by atoms with E-state index in [9.17, 15) is 0 Å². The second kappa shape index (κ2) is 7.25.